The van der Waals surface area contributed by atoms with Gasteiger partial charge >= 0.3 is 0 Å². The number of aromatic nitrogens is 1. The Balaban J connectivity index is 1.80. The van der Waals surface area contributed by atoms with Gasteiger partial charge in [-0.05, 0) is 61.7 Å². The van der Waals surface area contributed by atoms with Crippen LogP contribution >= 0.6 is 0 Å². The molecule has 3 N–H and O–H groups in total. The molecule has 29 heavy (non-hydrogen) atoms. The predicted molar refractivity (Wildman–Crippen MR) is 115 cm³/mol. The highest BCUT2D eigenvalue weighted by molar-refractivity contribution is 5.92. The van der Waals surface area contributed by atoms with Crippen molar-refractivity contribution in [2.75, 3.05) is 13.7 Å². The number of H-pyrrole nitrogens is 1. The SMILES string of the molecule is CCNC(=O)[C@@H](C)NC(=O)CCc1c(-c2ccc(OC)cc2)[nH]c2ccccc12. The molecule has 0 unspecified atom stereocenters. The molecule has 6 heteroatoms. The van der Waals surface area contributed by atoms with E-state index in [9.17, 15) is 9.59 Å². The third kappa shape index (κ3) is 4.77. The number of amides is 2. The Bertz CT molecular complexity index is 992. The van der Waals surface area contributed by atoms with E-state index in [-0.39, 0.29) is 11.8 Å². The molecular formula is C23H27N3O3. The average Bonchev–Trinajstić information content (AvgIpc) is 3.11. The molecule has 2 amide bonds. The molecule has 1 heterocycles. The van der Waals surface area contributed by atoms with Crippen LogP contribution < -0.4 is 15.4 Å². The zero-order valence-corrected chi connectivity index (χ0v) is 17.0. The van der Waals surface area contributed by atoms with E-state index in [1.165, 1.54) is 0 Å². The van der Waals surface area contributed by atoms with Crippen LogP contribution in [0.5, 0.6) is 5.75 Å². The Hall–Kier alpha value is -3.28. The number of likely N-dealkylation sites (N-methyl/N-ethyl adjacent to an activating group) is 1. The van der Waals surface area contributed by atoms with Gasteiger partial charge < -0.3 is 20.4 Å². The molecular weight excluding hydrogens is 366 g/mol. The number of fused-ring (bicyclic) bond motifs is 1. The van der Waals surface area contributed by atoms with Gasteiger partial charge in [0, 0.05) is 29.6 Å². The fourth-order valence-corrected chi connectivity index (χ4v) is 3.41. The quantitative estimate of drug-likeness (QED) is 0.548. The first kappa shape index (κ1) is 20.5. The number of aromatic amines is 1. The number of para-hydroxylation sites is 1. The first-order chi connectivity index (χ1) is 14.0. The molecule has 0 aliphatic carbocycles. The third-order valence-corrected chi connectivity index (χ3v) is 4.92. The maximum absolute atomic E-state index is 12.4. The van der Waals surface area contributed by atoms with Crippen molar-refractivity contribution in [1.29, 1.82) is 0 Å². The van der Waals surface area contributed by atoms with Crippen molar-refractivity contribution >= 4 is 22.7 Å². The molecule has 0 fully saturated rings. The Labute approximate surface area is 170 Å². The molecule has 152 valence electrons. The van der Waals surface area contributed by atoms with Crippen molar-refractivity contribution < 1.29 is 14.3 Å². The van der Waals surface area contributed by atoms with Gasteiger partial charge in [-0.2, -0.15) is 0 Å². The number of carbonyl (C=O) groups excluding carboxylic acids is 2. The second-order valence-corrected chi connectivity index (χ2v) is 6.94. The van der Waals surface area contributed by atoms with E-state index < -0.39 is 6.04 Å². The van der Waals surface area contributed by atoms with Gasteiger partial charge in [-0.3, -0.25) is 9.59 Å². The highest BCUT2D eigenvalue weighted by Crippen LogP contribution is 2.32. The summed E-state index contributed by atoms with van der Waals surface area (Å²) in [5.41, 5.74) is 4.16. The van der Waals surface area contributed by atoms with Gasteiger partial charge in [-0.15, -0.1) is 0 Å². The van der Waals surface area contributed by atoms with E-state index in [1.807, 2.05) is 49.4 Å². The second-order valence-electron chi connectivity index (χ2n) is 6.94. The van der Waals surface area contributed by atoms with Crippen LogP contribution in [-0.2, 0) is 16.0 Å². The van der Waals surface area contributed by atoms with E-state index in [0.29, 0.717) is 19.4 Å². The highest BCUT2D eigenvalue weighted by Gasteiger charge is 2.17. The van der Waals surface area contributed by atoms with Crippen molar-refractivity contribution in [3.05, 3.63) is 54.1 Å². The Morgan fingerprint density at radius 1 is 1.10 bits per heavy atom. The number of hydrogen-bond donors (Lipinski definition) is 3. The first-order valence-corrected chi connectivity index (χ1v) is 9.84. The minimum atomic E-state index is -0.550. The molecule has 0 bridgehead atoms. The topological polar surface area (TPSA) is 83.2 Å². The summed E-state index contributed by atoms with van der Waals surface area (Å²) in [4.78, 5) is 27.7. The summed E-state index contributed by atoms with van der Waals surface area (Å²) in [7, 11) is 1.64. The molecule has 6 nitrogen and oxygen atoms in total. The van der Waals surface area contributed by atoms with E-state index >= 15 is 0 Å². The maximum Gasteiger partial charge on any atom is 0.242 e. The van der Waals surface area contributed by atoms with Gasteiger partial charge in [0.05, 0.1) is 7.11 Å². The van der Waals surface area contributed by atoms with Gasteiger partial charge in [0.15, 0.2) is 0 Å². The summed E-state index contributed by atoms with van der Waals surface area (Å²) in [6, 6.07) is 15.4. The third-order valence-electron chi connectivity index (χ3n) is 4.92. The second kappa shape index (κ2) is 9.28. The molecule has 1 aromatic heterocycles. The van der Waals surface area contributed by atoms with E-state index in [1.54, 1.807) is 14.0 Å². The van der Waals surface area contributed by atoms with Crippen molar-refractivity contribution in [2.45, 2.75) is 32.7 Å². The molecule has 0 aliphatic heterocycles. The fourth-order valence-electron chi connectivity index (χ4n) is 3.41. The zero-order valence-electron chi connectivity index (χ0n) is 17.0. The molecule has 0 spiro atoms. The lowest BCUT2D eigenvalue weighted by molar-refractivity contribution is -0.128. The van der Waals surface area contributed by atoms with Crippen LogP contribution in [0.2, 0.25) is 0 Å². The number of methoxy groups -OCH3 is 1. The van der Waals surface area contributed by atoms with E-state index in [2.05, 4.69) is 21.7 Å². The number of aryl methyl sites for hydroxylation is 1. The van der Waals surface area contributed by atoms with Crippen molar-refractivity contribution in [3.8, 4) is 17.0 Å². The van der Waals surface area contributed by atoms with Crippen LogP contribution in [-0.4, -0.2) is 36.5 Å². The van der Waals surface area contributed by atoms with Gasteiger partial charge in [-0.1, -0.05) is 18.2 Å². The minimum absolute atomic E-state index is 0.144. The van der Waals surface area contributed by atoms with Crippen LogP contribution in [0.4, 0.5) is 0 Å². The lowest BCUT2D eigenvalue weighted by atomic mass is 10.0. The van der Waals surface area contributed by atoms with Crippen molar-refractivity contribution in [3.63, 3.8) is 0 Å². The maximum atomic E-state index is 12.4. The summed E-state index contributed by atoms with van der Waals surface area (Å²) in [6.07, 6.45) is 0.869. The molecule has 0 saturated heterocycles. The smallest absolute Gasteiger partial charge is 0.242 e. The minimum Gasteiger partial charge on any atom is -0.497 e. The first-order valence-electron chi connectivity index (χ1n) is 9.84. The number of hydrogen-bond acceptors (Lipinski definition) is 3. The van der Waals surface area contributed by atoms with Crippen LogP contribution in [0, 0.1) is 0 Å². The lowest BCUT2D eigenvalue weighted by Gasteiger charge is -2.13. The molecule has 1 atom stereocenters. The Morgan fingerprint density at radius 2 is 1.83 bits per heavy atom. The van der Waals surface area contributed by atoms with Crippen molar-refractivity contribution in [2.24, 2.45) is 0 Å². The van der Waals surface area contributed by atoms with E-state index in [0.717, 1.165) is 33.5 Å². The predicted octanol–water partition coefficient (Wildman–Crippen LogP) is 3.42. The van der Waals surface area contributed by atoms with Gasteiger partial charge in [0.1, 0.15) is 11.8 Å². The number of benzene rings is 2. The number of nitrogens with one attached hydrogen (secondary N) is 3. The monoisotopic (exact) mass is 393 g/mol. The lowest BCUT2D eigenvalue weighted by Crippen LogP contribution is -2.44. The summed E-state index contributed by atoms with van der Waals surface area (Å²) < 4.78 is 5.25. The largest absolute Gasteiger partial charge is 0.497 e. The summed E-state index contributed by atoms with van der Waals surface area (Å²) >= 11 is 0. The molecule has 3 aromatic rings. The zero-order chi connectivity index (χ0) is 20.8. The number of carbonyl (C=O) groups is 2. The molecule has 0 radical (unpaired) electrons. The molecule has 0 aliphatic rings. The Kier molecular flexibility index (Phi) is 6.54. The number of rotatable bonds is 8. The standard InChI is InChI=1S/C23H27N3O3/c1-4-24-23(28)15(2)25-21(27)14-13-19-18-7-5-6-8-20(18)26-22(19)16-9-11-17(29-3)12-10-16/h5-12,15,26H,4,13-14H2,1-3H3,(H,24,28)(H,25,27)/t15-/m1/s1. The van der Waals surface area contributed by atoms with E-state index in [4.69, 9.17) is 4.74 Å². The number of ether oxygens (including phenoxy) is 1. The molecule has 0 saturated carbocycles. The van der Waals surface area contributed by atoms with Gasteiger partial charge in [0.2, 0.25) is 11.8 Å². The Morgan fingerprint density at radius 3 is 2.52 bits per heavy atom. The van der Waals surface area contributed by atoms with Gasteiger partial charge in [0.25, 0.3) is 0 Å². The van der Waals surface area contributed by atoms with Crippen molar-refractivity contribution in [1.82, 2.24) is 15.6 Å². The van der Waals surface area contributed by atoms with Crippen LogP contribution in [0.15, 0.2) is 48.5 Å². The summed E-state index contributed by atoms with van der Waals surface area (Å²) in [5.74, 6) is 0.478. The normalized spacial score (nSPS) is 11.8. The highest BCUT2D eigenvalue weighted by atomic mass is 16.5. The summed E-state index contributed by atoms with van der Waals surface area (Å²) in [6.45, 7) is 4.08. The van der Waals surface area contributed by atoms with Gasteiger partial charge in [-0.25, -0.2) is 0 Å². The summed E-state index contributed by atoms with van der Waals surface area (Å²) in [5, 5.41) is 6.59. The van der Waals surface area contributed by atoms with Crippen LogP contribution in [0.25, 0.3) is 22.2 Å². The molecule has 3 rings (SSSR count). The van der Waals surface area contributed by atoms with Crippen LogP contribution in [0.1, 0.15) is 25.8 Å². The molecule has 2 aromatic carbocycles. The van der Waals surface area contributed by atoms with Crippen LogP contribution in [0.3, 0.4) is 0 Å². The fraction of sp³-hybridized carbons (Fsp3) is 0.304. The average molecular weight is 393 g/mol.